The highest BCUT2D eigenvalue weighted by Crippen LogP contribution is 2.38. The lowest BCUT2D eigenvalue weighted by molar-refractivity contribution is 0.259. The van der Waals surface area contributed by atoms with Crippen LogP contribution >= 0.6 is 0 Å². The van der Waals surface area contributed by atoms with Gasteiger partial charge in [-0.3, -0.25) is 4.98 Å². The number of nitrogens with two attached hydrogens (primary N) is 1. The van der Waals surface area contributed by atoms with Crippen molar-refractivity contribution in [3.63, 3.8) is 0 Å². The third kappa shape index (κ3) is 1.72. The summed E-state index contributed by atoms with van der Waals surface area (Å²) in [5, 5.41) is 2.75. The molecule has 0 radical (unpaired) electrons. The average molecular weight is 239 g/mol. The van der Waals surface area contributed by atoms with Gasteiger partial charge in [0, 0.05) is 18.0 Å². The van der Waals surface area contributed by atoms with Crippen molar-refractivity contribution < 1.29 is 4.79 Å². The molecule has 1 aromatic carbocycles. The van der Waals surface area contributed by atoms with E-state index in [4.69, 9.17) is 5.73 Å². The molecule has 2 aromatic rings. The number of amides is 2. The van der Waals surface area contributed by atoms with Crippen LogP contribution in [-0.4, -0.2) is 11.0 Å². The summed E-state index contributed by atoms with van der Waals surface area (Å²) in [6.45, 7) is 0. The highest BCUT2D eigenvalue weighted by molar-refractivity contribution is 5.95. The zero-order valence-corrected chi connectivity index (χ0v) is 9.81. The Kier molecular flexibility index (Phi) is 2.48. The number of anilines is 1. The van der Waals surface area contributed by atoms with Crippen molar-refractivity contribution in [2.24, 2.45) is 5.73 Å². The molecular formula is C14H13N3O. The molecule has 18 heavy (non-hydrogen) atoms. The van der Waals surface area contributed by atoms with E-state index in [0.717, 1.165) is 29.7 Å². The molecule has 1 heterocycles. The molecule has 1 aromatic heterocycles. The predicted octanol–water partition coefficient (Wildman–Crippen LogP) is 2.34. The monoisotopic (exact) mass is 239 g/mol. The highest BCUT2D eigenvalue weighted by atomic mass is 16.2. The van der Waals surface area contributed by atoms with Crippen LogP contribution in [0.25, 0.3) is 11.1 Å². The molecule has 90 valence electrons. The molecule has 0 spiro atoms. The number of rotatable bonds is 2. The Morgan fingerprint density at radius 2 is 1.94 bits per heavy atom. The minimum absolute atomic E-state index is 0.523. The van der Waals surface area contributed by atoms with E-state index in [1.54, 1.807) is 12.4 Å². The first-order valence-corrected chi connectivity index (χ1v) is 5.87. The second-order valence-electron chi connectivity index (χ2n) is 4.35. The summed E-state index contributed by atoms with van der Waals surface area (Å²) in [6, 6.07) is 7.46. The molecule has 2 amide bonds. The lowest BCUT2D eigenvalue weighted by atomic mass is 9.84. The van der Waals surface area contributed by atoms with E-state index >= 15 is 0 Å². The van der Waals surface area contributed by atoms with Crippen molar-refractivity contribution in [1.29, 1.82) is 0 Å². The van der Waals surface area contributed by atoms with Gasteiger partial charge in [0.05, 0.1) is 5.69 Å². The second kappa shape index (κ2) is 4.14. The number of aryl methyl sites for hydroxylation is 1. The molecule has 4 heteroatoms. The maximum Gasteiger partial charge on any atom is 0.316 e. The van der Waals surface area contributed by atoms with Crippen molar-refractivity contribution >= 4 is 11.7 Å². The van der Waals surface area contributed by atoms with Crippen molar-refractivity contribution in [1.82, 2.24) is 4.98 Å². The quantitative estimate of drug-likeness (QED) is 0.844. The Morgan fingerprint density at radius 3 is 2.56 bits per heavy atom. The first-order chi connectivity index (χ1) is 8.75. The maximum absolute atomic E-state index is 11.1. The van der Waals surface area contributed by atoms with Crippen LogP contribution in [0.4, 0.5) is 10.5 Å². The van der Waals surface area contributed by atoms with E-state index in [-0.39, 0.29) is 0 Å². The molecule has 0 aliphatic heterocycles. The van der Waals surface area contributed by atoms with Crippen LogP contribution in [0.1, 0.15) is 11.1 Å². The van der Waals surface area contributed by atoms with Crippen molar-refractivity contribution in [2.45, 2.75) is 12.8 Å². The van der Waals surface area contributed by atoms with Crippen LogP contribution in [0, 0.1) is 0 Å². The van der Waals surface area contributed by atoms with Gasteiger partial charge in [0.1, 0.15) is 0 Å². The van der Waals surface area contributed by atoms with E-state index in [2.05, 4.69) is 16.4 Å². The maximum atomic E-state index is 11.1. The number of benzene rings is 1. The van der Waals surface area contributed by atoms with Crippen LogP contribution in [0.3, 0.4) is 0 Å². The van der Waals surface area contributed by atoms with Gasteiger partial charge in [-0.1, -0.05) is 12.1 Å². The van der Waals surface area contributed by atoms with Gasteiger partial charge in [-0.2, -0.15) is 0 Å². The Labute approximate surface area is 105 Å². The number of primary amides is 1. The van der Waals surface area contributed by atoms with E-state index in [1.165, 1.54) is 11.1 Å². The normalized spacial score (nSPS) is 12.4. The summed E-state index contributed by atoms with van der Waals surface area (Å²) >= 11 is 0. The van der Waals surface area contributed by atoms with Gasteiger partial charge in [-0.05, 0) is 41.7 Å². The minimum atomic E-state index is -0.523. The lowest BCUT2D eigenvalue weighted by Gasteiger charge is -2.25. The van der Waals surface area contributed by atoms with Gasteiger partial charge >= 0.3 is 6.03 Å². The lowest BCUT2D eigenvalue weighted by Crippen LogP contribution is -2.23. The van der Waals surface area contributed by atoms with E-state index < -0.39 is 6.03 Å². The standard InChI is InChI=1S/C14H13N3O/c15-14(18)17-13-11-3-1-9(11)2-4-12(13)10-5-7-16-8-6-10/h2,4-8H,1,3H2,(H3,15,17,18). The number of fused-ring (bicyclic) bond motifs is 1. The topological polar surface area (TPSA) is 68.0 Å². The summed E-state index contributed by atoms with van der Waals surface area (Å²) in [6.07, 6.45) is 5.54. The third-order valence-corrected chi connectivity index (χ3v) is 3.29. The van der Waals surface area contributed by atoms with E-state index in [1.807, 2.05) is 18.2 Å². The van der Waals surface area contributed by atoms with Crippen LogP contribution < -0.4 is 11.1 Å². The van der Waals surface area contributed by atoms with Gasteiger partial charge in [0.25, 0.3) is 0 Å². The molecule has 0 atom stereocenters. The predicted molar refractivity (Wildman–Crippen MR) is 70.3 cm³/mol. The zero-order chi connectivity index (χ0) is 12.5. The third-order valence-electron chi connectivity index (χ3n) is 3.29. The zero-order valence-electron chi connectivity index (χ0n) is 9.81. The molecule has 0 saturated heterocycles. The molecule has 0 saturated carbocycles. The van der Waals surface area contributed by atoms with Gasteiger partial charge in [0.2, 0.25) is 0 Å². The van der Waals surface area contributed by atoms with Crippen molar-refractivity contribution in [3.8, 4) is 11.1 Å². The second-order valence-corrected chi connectivity index (χ2v) is 4.35. The van der Waals surface area contributed by atoms with Gasteiger partial charge in [-0.25, -0.2) is 4.79 Å². The molecule has 4 nitrogen and oxygen atoms in total. The number of hydrogen-bond donors (Lipinski definition) is 2. The fourth-order valence-corrected chi connectivity index (χ4v) is 2.33. The molecule has 1 aliphatic rings. The summed E-state index contributed by atoms with van der Waals surface area (Å²) in [5.74, 6) is 0. The Hall–Kier alpha value is -2.36. The molecule has 3 rings (SSSR count). The molecule has 0 unspecified atom stereocenters. The van der Waals surface area contributed by atoms with Crippen LogP contribution in [-0.2, 0) is 12.8 Å². The summed E-state index contributed by atoms with van der Waals surface area (Å²) in [5.41, 5.74) is 10.6. The fraction of sp³-hybridized carbons (Fsp3) is 0.143. The molecular weight excluding hydrogens is 226 g/mol. The number of hydrogen-bond acceptors (Lipinski definition) is 2. The van der Waals surface area contributed by atoms with Gasteiger partial charge < -0.3 is 11.1 Å². The van der Waals surface area contributed by atoms with E-state index in [9.17, 15) is 4.79 Å². The fourth-order valence-electron chi connectivity index (χ4n) is 2.33. The number of aromatic nitrogens is 1. The summed E-state index contributed by atoms with van der Waals surface area (Å²) in [7, 11) is 0. The van der Waals surface area contributed by atoms with Crippen LogP contribution in [0.15, 0.2) is 36.7 Å². The number of carbonyl (C=O) groups excluding carboxylic acids is 1. The number of nitrogens with one attached hydrogen (secondary N) is 1. The number of carbonyl (C=O) groups is 1. The number of nitrogens with zero attached hydrogens (tertiary/aromatic N) is 1. The largest absolute Gasteiger partial charge is 0.351 e. The van der Waals surface area contributed by atoms with E-state index in [0.29, 0.717) is 0 Å². The summed E-state index contributed by atoms with van der Waals surface area (Å²) < 4.78 is 0. The number of pyridine rings is 1. The van der Waals surface area contributed by atoms with Gasteiger partial charge in [0.15, 0.2) is 0 Å². The van der Waals surface area contributed by atoms with Gasteiger partial charge in [-0.15, -0.1) is 0 Å². The first-order valence-electron chi connectivity index (χ1n) is 5.87. The molecule has 1 aliphatic carbocycles. The smallest absolute Gasteiger partial charge is 0.316 e. The highest BCUT2D eigenvalue weighted by Gasteiger charge is 2.21. The average Bonchev–Trinajstić information content (AvgIpc) is 2.32. The van der Waals surface area contributed by atoms with Crippen LogP contribution in [0.2, 0.25) is 0 Å². The van der Waals surface area contributed by atoms with Crippen LogP contribution in [0.5, 0.6) is 0 Å². The van der Waals surface area contributed by atoms with Crippen molar-refractivity contribution in [2.75, 3.05) is 5.32 Å². The minimum Gasteiger partial charge on any atom is -0.351 e. The summed E-state index contributed by atoms with van der Waals surface area (Å²) in [4.78, 5) is 15.1. The Bertz CT molecular complexity index is 608. The first kappa shape index (κ1) is 10.8. The molecule has 0 bridgehead atoms. The SMILES string of the molecule is NC(=O)Nc1c(-c2ccncc2)ccc2c1CC2. The molecule has 3 N–H and O–H groups in total. The number of urea groups is 1. The molecule has 0 fully saturated rings. The Balaban J connectivity index is 2.14. The van der Waals surface area contributed by atoms with Crippen molar-refractivity contribution in [3.05, 3.63) is 47.8 Å². The Morgan fingerprint density at radius 1 is 1.17 bits per heavy atom.